The highest BCUT2D eigenvalue weighted by Gasteiger charge is 2.45. The van der Waals surface area contributed by atoms with E-state index in [2.05, 4.69) is 35.2 Å². The molecule has 3 heteroatoms. The Morgan fingerprint density at radius 1 is 0.962 bits per heavy atom. The van der Waals surface area contributed by atoms with Crippen LogP contribution in [-0.4, -0.2) is 34.2 Å². The van der Waals surface area contributed by atoms with Crippen LogP contribution in [0, 0.1) is 0 Å². The molecule has 0 radical (unpaired) electrons. The molecular weight excluding hydrogens is 320 g/mol. The minimum atomic E-state index is -0.109. The maximum absolute atomic E-state index is 9.83. The van der Waals surface area contributed by atoms with E-state index in [0.29, 0.717) is 23.8 Å². The molecule has 2 aromatic rings. The Labute approximate surface area is 155 Å². The molecule has 3 atom stereocenters. The van der Waals surface area contributed by atoms with Crippen molar-refractivity contribution >= 4 is 0 Å². The quantitative estimate of drug-likeness (QED) is 0.891. The van der Waals surface area contributed by atoms with E-state index >= 15 is 0 Å². The molecule has 2 fully saturated rings. The van der Waals surface area contributed by atoms with E-state index in [4.69, 9.17) is 5.73 Å². The summed E-state index contributed by atoms with van der Waals surface area (Å²) in [4.78, 5) is 2.73. The fraction of sp³-hybridized carbons (Fsp3) is 0.478. The summed E-state index contributed by atoms with van der Waals surface area (Å²) in [5.74, 6) is 0.965. The number of fused-ring (bicyclic) bond motifs is 3. The Hall–Kier alpha value is -1.84. The Balaban J connectivity index is 1.31. The minimum absolute atomic E-state index is 0.109. The first kappa shape index (κ1) is 16.3. The van der Waals surface area contributed by atoms with Gasteiger partial charge in [0, 0.05) is 24.2 Å². The van der Waals surface area contributed by atoms with E-state index in [0.717, 1.165) is 19.4 Å². The van der Waals surface area contributed by atoms with Crippen LogP contribution >= 0.6 is 0 Å². The summed E-state index contributed by atoms with van der Waals surface area (Å²) in [6.07, 6.45) is 7.00. The van der Waals surface area contributed by atoms with Gasteiger partial charge in [-0.2, -0.15) is 0 Å². The summed E-state index contributed by atoms with van der Waals surface area (Å²) < 4.78 is 0. The van der Waals surface area contributed by atoms with Crippen molar-refractivity contribution in [1.82, 2.24) is 4.90 Å². The van der Waals surface area contributed by atoms with Crippen molar-refractivity contribution in [3.8, 4) is 5.75 Å². The van der Waals surface area contributed by atoms with Crippen LogP contribution in [0.4, 0.5) is 0 Å². The third-order valence-electron chi connectivity index (χ3n) is 6.93. The third kappa shape index (κ3) is 2.83. The maximum atomic E-state index is 9.83. The highest BCUT2D eigenvalue weighted by Crippen LogP contribution is 2.44. The van der Waals surface area contributed by atoms with Crippen molar-refractivity contribution in [2.75, 3.05) is 6.54 Å². The van der Waals surface area contributed by atoms with E-state index in [1.54, 1.807) is 6.07 Å². The number of hydrogen-bond acceptors (Lipinski definition) is 3. The summed E-state index contributed by atoms with van der Waals surface area (Å²) in [6.45, 7) is 1.02. The lowest BCUT2D eigenvalue weighted by Gasteiger charge is -2.43. The lowest BCUT2D eigenvalue weighted by Crippen LogP contribution is -2.55. The molecule has 2 bridgehead atoms. The number of aromatic hydroxyl groups is 1. The fourth-order valence-corrected chi connectivity index (χ4v) is 5.78. The number of phenolic OH excluding ortho intramolecular Hbond substituents is 1. The lowest BCUT2D eigenvalue weighted by molar-refractivity contribution is 0.0975. The van der Waals surface area contributed by atoms with Crippen molar-refractivity contribution in [2.24, 2.45) is 5.73 Å². The van der Waals surface area contributed by atoms with Crippen LogP contribution in [0.25, 0.3) is 0 Å². The standard InChI is InChI=1S/C23H28N2O/c24-23(13-17-4-1-2-5-18(17)14-23)15-25-20-8-9-21(25)11-19(10-20)16-6-3-7-22(26)12-16/h1-7,12,19-21,26H,8-11,13-15,24H2/t19?,20-,21+. The predicted octanol–water partition coefficient (Wildman–Crippen LogP) is 3.60. The molecule has 1 unspecified atom stereocenters. The Morgan fingerprint density at radius 2 is 1.62 bits per heavy atom. The Kier molecular flexibility index (Phi) is 3.84. The number of phenols is 1. The molecule has 0 spiro atoms. The predicted molar refractivity (Wildman–Crippen MR) is 104 cm³/mol. The molecule has 0 aromatic heterocycles. The fourth-order valence-electron chi connectivity index (χ4n) is 5.78. The van der Waals surface area contributed by atoms with Crippen molar-refractivity contribution in [2.45, 2.75) is 62.1 Å². The van der Waals surface area contributed by atoms with Crippen molar-refractivity contribution in [3.63, 3.8) is 0 Å². The monoisotopic (exact) mass is 348 g/mol. The van der Waals surface area contributed by atoms with Gasteiger partial charge in [0.05, 0.1) is 0 Å². The Bertz CT molecular complexity index is 778. The summed E-state index contributed by atoms with van der Waals surface area (Å²) in [7, 11) is 0. The van der Waals surface area contributed by atoms with Crippen LogP contribution in [-0.2, 0) is 12.8 Å². The molecule has 5 rings (SSSR count). The molecule has 26 heavy (non-hydrogen) atoms. The van der Waals surface area contributed by atoms with Gasteiger partial charge < -0.3 is 10.8 Å². The maximum Gasteiger partial charge on any atom is 0.115 e. The minimum Gasteiger partial charge on any atom is -0.508 e. The molecule has 0 saturated carbocycles. The van der Waals surface area contributed by atoms with Crippen molar-refractivity contribution in [3.05, 3.63) is 65.2 Å². The van der Waals surface area contributed by atoms with E-state index in [1.165, 1.54) is 42.4 Å². The molecule has 2 aliphatic heterocycles. The van der Waals surface area contributed by atoms with Gasteiger partial charge in [0.25, 0.3) is 0 Å². The highest BCUT2D eigenvalue weighted by atomic mass is 16.3. The smallest absolute Gasteiger partial charge is 0.115 e. The summed E-state index contributed by atoms with van der Waals surface area (Å²) in [6, 6.07) is 17.9. The van der Waals surface area contributed by atoms with Crippen LogP contribution in [0.3, 0.4) is 0 Å². The summed E-state index contributed by atoms with van der Waals surface area (Å²) in [5.41, 5.74) is 11.0. The van der Waals surface area contributed by atoms with E-state index in [-0.39, 0.29) is 5.54 Å². The first-order valence-electron chi connectivity index (χ1n) is 10.00. The number of hydrogen-bond donors (Lipinski definition) is 2. The highest BCUT2D eigenvalue weighted by molar-refractivity contribution is 5.36. The topological polar surface area (TPSA) is 49.5 Å². The average molecular weight is 348 g/mol. The van der Waals surface area contributed by atoms with E-state index < -0.39 is 0 Å². The van der Waals surface area contributed by atoms with Crippen LogP contribution in [0.1, 0.15) is 48.3 Å². The molecule has 3 nitrogen and oxygen atoms in total. The number of benzene rings is 2. The molecule has 1 aliphatic carbocycles. The van der Waals surface area contributed by atoms with E-state index in [9.17, 15) is 5.11 Å². The molecule has 2 saturated heterocycles. The van der Waals surface area contributed by atoms with Gasteiger partial charge in [-0.15, -0.1) is 0 Å². The van der Waals surface area contributed by atoms with Crippen LogP contribution < -0.4 is 5.73 Å². The molecule has 136 valence electrons. The SMILES string of the molecule is NC1(CN2[C@@H]3CC[C@H]2CC(c2cccc(O)c2)C3)Cc2ccccc2C1. The zero-order valence-electron chi connectivity index (χ0n) is 15.3. The van der Waals surface area contributed by atoms with Gasteiger partial charge >= 0.3 is 0 Å². The van der Waals surface area contributed by atoms with Gasteiger partial charge in [-0.3, -0.25) is 4.90 Å². The van der Waals surface area contributed by atoms with Gasteiger partial charge in [0.15, 0.2) is 0 Å². The second-order valence-corrected chi connectivity index (χ2v) is 8.81. The third-order valence-corrected chi connectivity index (χ3v) is 6.93. The molecule has 3 aliphatic rings. The molecule has 2 heterocycles. The number of rotatable bonds is 3. The van der Waals surface area contributed by atoms with Gasteiger partial charge in [-0.25, -0.2) is 0 Å². The first-order chi connectivity index (χ1) is 12.6. The second-order valence-electron chi connectivity index (χ2n) is 8.81. The van der Waals surface area contributed by atoms with Crippen LogP contribution in [0.15, 0.2) is 48.5 Å². The summed E-state index contributed by atoms with van der Waals surface area (Å²) in [5, 5.41) is 9.83. The molecule has 0 amide bonds. The van der Waals surface area contributed by atoms with Crippen LogP contribution in [0.2, 0.25) is 0 Å². The largest absolute Gasteiger partial charge is 0.508 e. The van der Waals surface area contributed by atoms with Gasteiger partial charge in [-0.05, 0) is 73.3 Å². The zero-order valence-corrected chi connectivity index (χ0v) is 15.3. The van der Waals surface area contributed by atoms with Gasteiger partial charge in [0.1, 0.15) is 5.75 Å². The Morgan fingerprint density at radius 3 is 2.23 bits per heavy atom. The number of nitrogens with zero attached hydrogens (tertiary/aromatic N) is 1. The summed E-state index contributed by atoms with van der Waals surface area (Å²) >= 11 is 0. The average Bonchev–Trinajstić information content (AvgIpc) is 3.05. The van der Waals surface area contributed by atoms with Crippen LogP contribution in [0.5, 0.6) is 5.75 Å². The number of piperidine rings is 1. The first-order valence-corrected chi connectivity index (χ1v) is 10.00. The second kappa shape index (κ2) is 6.11. The number of nitrogens with two attached hydrogens (primary N) is 1. The van der Waals surface area contributed by atoms with Crippen molar-refractivity contribution in [1.29, 1.82) is 0 Å². The molecule has 3 N–H and O–H groups in total. The lowest BCUT2D eigenvalue weighted by atomic mass is 9.83. The van der Waals surface area contributed by atoms with Gasteiger partial charge in [0.2, 0.25) is 0 Å². The van der Waals surface area contributed by atoms with E-state index in [1.807, 2.05) is 12.1 Å². The van der Waals surface area contributed by atoms with Gasteiger partial charge in [-0.1, -0.05) is 36.4 Å². The normalized spacial score (nSPS) is 29.7. The van der Waals surface area contributed by atoms with Crippen molar-refractivity contribution < 1.29 is 5.11 Å². The zero-order chi connectivity index (χ0) is 17.7. The molecular formula is C23H28N2O. The molecule has 2 aromatic carbocycles.